The van der Waals surface area contributed by atoms with E-state index in [2.05, 4.69) is 33.9 Å². The maximum Gasteiger partial charge on any atom is 0.269 e. The Bertz CT molecular complexity index is 1100. The van der Waals surface area contributed by atoms with Crippen LogP contribution in [0.1, 0.15) is 22.3 Å². The minimum absolute atomic E-state index is 0.0463. The lowest BCUT2D eigenvalue weighted by molar-refractivity contribution is -0.384. The van der Waals surface area contributed by atoms with Crippen molar-refractivity contribution in [3.63, 3.8) is 0 Å². The average molecular weight is 469 g/mol. The fraction of sp³-hybridized carbons (Fsp3) is 0.174. The van der Waals surface area contributed by atoms with E-state index in [0.29, 0.717) is 11.5 Å². The number of methoxy groups -OCH3 is 1. The zero-order chi connectivity index (χ0) is 21.7. The molecule has 0 aromatic heterocycles. The third kappa shape index (κ3) is 5.24. The molecule has 0 aliphatic heterocycles. The van der Waals surface area contributed by atoms with E-state index in [9.17, 15) is 10.1 Å². The molecule has 0 radical (unpaired) electrons. The fourth-order valence-corrected chi connectivity index (χ4v) is 3.49. The molecule has 3 aromatic rings. The Kier molecular flexibility index (Phi) is 6.84. The highest BCUT2D eigenvalue weighted by molar-refractivity contribution is 9.10. The van der Waals surface area contributed by atoms with Crippen molar-refractivity contribution in [3.05, 3.63) is 91.4 Å². The largest absolute Gasteiger partial charge is 0.493 e. The van der Waals surface area contributed by atoms with E-state index in [4.69, 9.17) is 9.47 Å². The number of nitrogens with zero attached hydrogens (tertiary/aromatic N) is 2. The standard InChI is InChI=1S/C23H21BrN2O4/c1-15-4-9-21(16(2)10-15)25-13-18-11-20(24)23(22(12-18)29-3)30-14-17-5-7-19(8-6-17)26(27)28/h4-13H,14H2,1-3H3. The van der Waals surface area contributed by atoms with E-state index in [1.807, 2.05) is 31.2 Å². The van der Waals surface area contributed by atoms with Gasteiger partial charge < -0.3 is 9.47 Å². The number of nitro benzene ring substituents is 1. The van der Waals surface area contributed by atoms with Crippen molar-refractivity contribution >= 4 is 33.5 Å². The monoisotopic (exact) mass is 468 g/mol. The van der Waals surface area contributed by atoms with Gasteiger partial charge in [0.25, 0.3) is 5.69 Å². The molecule has 6 nitrogen and oxygen atoms in total. The number of hydrogen-bond acceptors (Lipinski definition) is 5. The van der Waals surface area contributed by atoms with Crippen molar-refractivity contribution in [2.75, 3.05) is 7.11 Å². The molecule has 154 valence electrons. The summed E-state index contributed by atoms with van der Waals surface area (Å²) in [5.41, 5.74) is 4.95. The third-order valence-electron chi connectivity index (χ3n) is 4.49. The number of benzene rings is 3. The van der Waals surface area contributed by atoms with Gasteiger partial charge >= 0.3 is 0 Å². The summed E-state index contributed by atoms with van der Waals surface area (Å²) < 4.78 is 12.1. The molecule has 0 aliphatic rings. The van der Waals surface area contributed by atoms with E-state index in [1.54, 1.807) is 25.5 Å². The lowest BCUT2D eigenvalue weighted by atomic mass is 10.1. The normalized spacial score (nSPS) is 10.9. The summed E-state index contributed by atoms with van der Waals surface area (Å²) in [5, 5.41) is 10.8. The second-order valence-electron chi connectivity index (χ2n) is 6.79. The van der Waals surface area contributed by atoms with Crippen molar-refractivity contribution in [1.29, 1.82) is 0 Å². The molecule has 30 heavy (non-hydrogen) atoms. The van der Waals surface area contributed by atoms with Crippen molar-refractivity contribution < 1.29 is 14.4 Å². The van der Waals surface area contributed by atoms with Crippen LogP contribution in [0.3, 0.4) is 0 Å². The molecule has 0 amide bonds. The van der Waals surface area contributed by atoms with Gasteiger partial charge in [0.05, 0.1) is 22.2 Å². The SMILES string of the molecule is COc1cc(C=Nc2ccc(C)cc2C)cc(Br)c1OCc1ccc([N+](=O)[O-])cc1. The lowest BCUT2D eigenvalue weighted by Crippen LogP contribution is -2.00. The van der Waals surface area contributed by atoms with Crippen LogP contribution in [-0.4, -0.2) is 18.2 Å². The first-order valence-corrected chi connectivity index (χ1v) is 10.0. The lowest BCUT2D eigenvalue weighted by Gasteiger charge is -2.13. The highest BCUT2D eigenvalue weighted by Gasteiger charge is 2.12. The molecule has 0 saturated carbocycles. The van der Waals surface area contributed by atoms with Gasteiger partial charge in [-0.2, -0.15) is 0 Å². The molecular formula is C23H21BrN2O4. The van der Waals surface area contributed by atoms with E-state index < -0.39 is 4.92 Å². The second-order valence-corrected chi connectivity index (χ2v) is 7.65. The number of hydrogen-bond donors (Lipinski definition) is 0. The second kappa shape index (κ2) is 9.54. The predicted molar refractivity (Wildman–Crippen MR) is 121 cm³/mol. The Morgan fingerprint density at radius 2 is 1.83 bits per heavy atom. The van der Waals surface area contributed by atoms with Gasteiger partial charge in [0, 0.05) is 18.3 Å². The van der Waals surface area contributed by atoms with Crippen LogP contribution >= 0.6 is 15.9 Å². The minimum Gasteiger partial charge on any atom is -0.493 e. The molecule has 0 unspecified atom stereocenters. The smallest absolute Gasteiger partial charge is 0.269 e. The Morgan fingerprint density at radius 1 is 1.10 bits per heavy atom. The van der Waals surface area contributed by atoms with Gasteiger partial charge in [0.15, 0.2) is 11.5 Å². The number of ether oxygens (including phenoxy) is 2. The van der Waals surface area contributed by atoms with E-state index in [-0.39, 0.29) is 12.3 Å². The summed E-state index contributed by atoms with van der Waals surface area (Å²) in [5.74, 6) is 1.12. The summed E-state index contributed by atoms with van der Waals surface area (Å²) in [7, 11) is 1.57. The van der Waals surface area contributed by atoms with Crippen molar-refractivity contribution in [2.24, 2.45) is 4.99 Å². The maximum atomic E-state index is 10.8. The van der Waals surface area contributed by atoms with Gasteiger partial charge in [-0.25, -0.2) is 0 Å². The highest BCUT2D eigenvalue weighted by atomic mass is 79.9. The van der Waals surface area contributed by atoms with Gasteiger partial charge in [-0.1, -0.05) is 17.7 Å². The summed E-state index contributed by atoms with van der Waals surface area (Å²) >= 11 is 3.54. The summed E-state index contributed by atoms with van der Waals surface area (Å²) in [4.78, 5) is 14.9. The molecular weight excluding hydrogens is 448 g/mol. The van der Waals surface area contributed by atoms with Crippen LogP contribution in [0.25, 0.3) is 0 Å². The first-order valence-electron chi connectivity index (χ1n) is 9.22. The van der Waals surface area contributed by atoms with Gasteiger partial charge in [-0.15, -0.1) is 0 Å². The average Bonchev–Trinajstić information content (AvgIpc) is 2.72. The fourth-order valence-electron chi connectivity index (χ4n) is 2.92. The molecule has 0 atom stereocenters. The van der Waals surface area contributed by atoms with Crippen molar-refractivity contribution in [2.45, 2.75) is 20.5 Å². The molecule has 0 saturated heterocycles. The summed E-state index contributed by atoms with van der Waals surface area (Å²) in [6.45, 7) is 4.34. The van der Waals surface area contributed by atoms with Crippen LogP contribution in [0.5, 0.6) is 11.5 Å². The number of non-ortho nitro benzene ring substituents is 1. The number of rotatable bonds is 7. The Labute approximate surface area is 183 Å². The molecule has 0 spiro atoms. The van der Waals surface area contributed by atoms with Crippen molar-refractivity contribution in [1.82, 2.24) is 0 Å². The molecule has 3 rings (SSSR count). The quantitative estimate of drug-likeness (QED) is 0.231. The van der Waals surface area contributed by atoms with Crippen LogP contribution < -0.4 is 9.47 Å². The molecule has 7 heteroatoms. The summed E-state index contributed by atoms with van der Waals surface area (Å²) in [6, 6.07) is 16.1. The van der Waals surface area contributed by atoms with Crippen molar-refractivity contribution in [3.8, 4) is 11.5 Å². The van der Waals surface area contributed by atoms with E-state index in [0.717, 1.165) is 26.9 Å². The van der Waals surface area contributed by atoms with E-state index >= 15 is 0 Å². The molecule has 0 aliphatic carbocycles. The number of aliphatic imine (C=N–C) groups is 1. The Hall–Kier alpha value is -3.19. The first-order chi connectivity index (χ1) is 14.4. The predicted octanol–water partition coefficient (Wildman–Crippen LogP) is 6.31. The number of nitro groups is 1. The van der Waals surface area contributed by atoms with Crippen LogP contribution in [0.15, 0.2) is 64.1 Å². The molecule has 0 N–H and O–H groups in total. The highest BCUT2D eigenvalue weighted by Crippen LogP contribution is 2.37. The Balaban J connectivity index is 1.78. The molecule has 0 bridgehead atoms. The van der Waals surface area contributed by atoms with E-state index in [1.165, 1.54) is 17.7 Å². The van der Waals surface area contributed by atoms with Gasteiger partial charge in [0.2, 0.25) is 0 Å². The van der Waals surface area contributed by atoms with Gasteiger partial charge in [-0.3, -0.25) is 15.1 Å². The van der Waals surface area contributed by atoms with Gasteiger partial charge in [-0.05, 0) is 76.8 Å². The zero-order valence-corrected chi connectivity index (χ0v) is 18.5. The topological polar surface area (TPSA) is 74.0 Å². The summed E-state index contributed by atoms with van der Waals surface area (Å²) in [6.07, 6.45) is 1.78. The van der Waals surface area contributed by atoms with Crippen LogP contribution in [0.4, 0.5) is 11.4 Å². The maximum absolute atomic E-state index is 10.8. The van der Waals surface area contributed by atoms with Crippen LogP contribution in [-0.2, 0) is 6.61 Å². The first kappa shape index (κ1) is 21.5. The molecule has 0 heterocycles. The number of aryl methyl sites for hydroxylation is 2. The molecule has 0 fully saturated rings. The van der Waals surface area contributed by atoms with Crippen LogP contribution in [0, 0.1) is 24.0 Å². The molecule has 3 aromatic carbocycles. The Morgan fingerprint density at radius 3 is 2.47 bits per heavy atom. The minimum atomic E-state index is -0.428. The van der Waals surface area contributed by atoms with Gasteiger partial charge in [0.1, 0.15) is 6.61 Å². The third-order valence-corrected chi connectivity index (χ3v) is 5.08. The number of halogens is 1. The zero-order valence-electron chi connectivity index (χ0n) is 16.9. The van der Waals surface area contributed by atoms with Crippen LogP contribution in [0.2, 0.25) is 0 Å².